The van der Waals surface area contributed by atoms with Gasteiger partial charge < -0.3 is 10.1 Å². The molecule has 0 radical (unpaired) electrons. The van der Waals surface area contributed by atoms with Gasteiger partial charge in [-0.3, -0.25) is 14.2 Å². The van der Waals surface area contributed by atoms with Crippen LogP contribution in [0.2, 0.25) is 5.02 Å². The lowest BCUT2D eigenvalue weighted by atomic mass is 10.2. The minimum absolute atomic E-state index is 0.105. The molecule has 0 bridgehead atoms. The van der Waals surface area contributed by atoms with Gasteiger partial charge in [0.1, 0.15) is 5.75 Å². The molecular weight excluding hydrogens is 458 g/mol. The first-order valence-electron chi connectivity index (χ1n) is 10.3. The molecule has 8 heteroatoms. The van der Waals surface area contributed by atoms with Gasteiger partial charge in [0.2, 0.25) is 5.91 Å². The van der Waals surface area contributed by atoms with Gasteiger partial charge >= 0.3 is 0 Å². The number of ether oxygens (including phenoxy) is 1. The van der Waals surface area contributed by atoms with Crippen molar-refractivity contribution in [3.05, 3.63) is 93.2 Å². The van der Waals surface area contributed by atoms with E-state index < -0.39 is 0 Å². The van der Waals surface area contributed by atoms with E-state index in [4.69, 9.17) is 16.3 Å². The summed E-state index contributed by atoms with van der Waals surface area (Å²) in [5, 5.41) is 4.29. The van der Waals surface area contributed by atoms with Gasteiger partial charge in [-0.05, 0) is 60.5 Å². The molecule has 0 saturated carbocycles. The second-order valence-electron chi connectivity index (χ2n) is 7.45. The number of halogens is 1. The topological polar surface area (TPSA) is 73.2 Å². The number of fused-ring (bicyclic) bond motifs is 1. The predicted octanol–water partition coefficient (Wildman–Crippen LogP) is 4.76. The van der Waals surface area contributed by atoms with Crippen LogP contribution in [0.25, 0.3) is 16.6 Å². The fourth-order valence-electron chi connectivity index (χ4n) is 3.39. The Hall–Kier alpha value is -3.29. The monoisotopic (exact) mass is 479 g/mol. The number of benzene rings is 3. The van der Waals surface area contributed by atoms with Gasteiger partial charge in [-0.25, -0.2) is 4.98 Å². The van der Waals surface area contributed by atoms with Crippen LogP contribution in [-0.4, -0.2) is 28.3 Å². The molecule has 1 heterocycles. The van der Waals surface area contributed by atoms with Gasteiger partial charge in [0.15, 0.2) is 5.16 Å². The van der Waals surface area contributed by atoms with Crippen LogP contribution in [0.1, 0.15) is 11.1 Å². The molecule has 4 rings (SSSR count). The van der Waals surface area contributed by atoms with Gasteiger partial charge in [-0.1, -0.05) is 47.6 Å². The van der Waals surface area contributed by atoms with E-state index in [1.807, 2.05) is 55.5 Å². The van der Waals surface area contributed by atoms with E-state index in [2.05, 4.69) is 10.3 Å². The van der Waals surface area contributed by atoms with Crippen LogP contribution in [0.3, 0.4) is 0 Å². The highest BCUT2D eigenvalue weighted by Crippen LogP contribution is 2.23. The SMILES string of the molecule is COc1cccc(CNC(=O)CSc2nc3cc(Cl)ccc3c(=O)n2-c2cccc(C)c2)c1. The van der Waals surface area contributed by atoms with Crippen molar-refractivity contribution in [2.45, 2.75) is 18.6 Å². The van der Waals surface area contributed by atoms with Crippen molar-refractivity contribution < 1.29 is 9.53 Å². The van der Waals surface area contributed by atoms with Crippen molar-refractivity contribution in [2.75, 3.05) is 12.9 Å². The largest absolute Gasteiger partial charge is 0.497 e. The number of nitrogens with zero attached hydrogens (tertiary/aromatic N) is 2. The first-order valence-corrected chi connectivity index (χ1v) is 11.6. The number of aromatic nitrogens is 2. The van der Waals surface area contributed by atoms with E-state index in [0.29, 0.717) is 33.3 Å². The van der Waals surface area contributed by atoms with Crippen molar-refractivity contribution in [1.29, 1.82) is 0 Å². The lowest BCUT2D eigenvalue weighted by molar-refractivity contribution is -0.118. The molecule has 1 N–H and O–H groups in total. The van der Waals surface area contributed by atoms with Crippen LogP contribution in [0.15, 0.2) is 76.7 Å². The Morgan fingerprint density at radius 2 is 1.94 bits per heavy atom. The van der Waals surface area contributed by atoms with E-state index in [0.717, 1.165) is 16.9 Å². The van der Waals surface area contributed by atoms with E-state index in [9.17, 15) is 9.59 Å². The second-order valence-corrected chi connectivity index (χ2v) is 8.83. The van der Waals surface area contributed by atoms with Crippen molar-refractivity contribution in [3.8, 4) is 11.4 Å². The summed E-state index contributed by atoms with van der Waals surface area (Å²) in [6.07, 6.45) is 0. The zero-order valence-electron chi connectivity index (χ0n) is 18.2. The Morgan fingerprint density at radius 3 is 2.73 bits per heavy atom. The maximum Gasteiger partial charge on any atom is 0.266 e. The zero-order valence-corrected chi connectivity index (χ0v) is 19.7. The Morgan fingerprint density at radius 1 is 1.12 bits per heavy atom. The maximum absolute atomic E-state index is 13.3. The standard InChI is InChI=1S/C25H22ClN3O3S/c1-16-5-3-7-19(11-16)29-24(31)21-10-9-18(26)13-22(21)28-25(29)33-15-23(30)27-14-17-6-4-8-20(12-17)32-2/h3-13H,14-15H2,1-2H3,(H,27,30). The maximum atomic E-state index is 13.3. The average Bonchev–Trinajstić information content (AvgIpc) is 2.81. The number of amides is 1. The van der Waals surface area contributed by atoms with Crippen LogP contribution in [0, 0.1) is 6.92 Å². The summed E-state index contributed by atoms with van der Waals surface area (Å²) in [7, 11) is 1.60. The lowest BCUT2D eigenvalue weighted by Crippen LogP contribution is -2.26. The number of hydrogen-bond acceptors (Lipinski definition) is 5. The Kier molecular flexibility index (Phi) is 7.01. The van der Waals surface area contributed by atoms with Crippen molar-refractivity contribution in [2.24, 2.45) is 0 Å². The summed E-state index contributed by atoms with van der Waals surface area (Å²) in [6.45, 7) is 2.34. The van der Waals surface area contributed by atoms with Gasteiger partial charge in [-0.2, -0.15) is 0 Å². The number of rotatable bonds is 7. The highest BCUT2D eigenvalue weighted by atomic mass is 35.5. The number of carbonyl (C=O) groups excluding carboxylic acids is 1. The molecule has 0 aliphatic rings. The third-order valence-corrected chi connectivity index (χ3v) is 6.19. The van der Waals surface area contributed by atoms with Crippen LogP contribution in [0.4, 0.5) is 0 Å². The predicted molar refractivity (Wildman–Crippen MR) is 133 cm³/mol. The number of carbonyl (C=O) groups is 1. The molecule has 33 heavy (non-hydrogen) atoms. The Labute approximate surface area is 200 Å². The average molecular weight is 480 g/mol. The molecule has 1 aromatic heterocycles. The second kappa shape index (κ2) is 10.1. The Bertz CT molecular complexity index is 1390. The number of thioether (sulfide) groups is 1. The highest BCUT2D eigenvalue weighted by molar-refractivity contribution is 7.99. The van der Waals surface area contributed by atoms with E-state index in [1.54, 1.807) is 29.9 Å². The fourth-order valence-corrected chi connectivity index (χ4v) is 4.40. The first-order chi connectivity index (χ1) is 15.9. The normalized spacial score (nSPS) is 10.9. The zero-order chi connectivity index (χ0) is 23.4. The van der Waals surface area contributed by atoms with Crippen LogP contribution >= 0.6 is 23.4 Å². The molecule has 0 atom stereocenters. The summed E-state index contributed by atoms with van der Waals surface area (Å²) in [5.74, 6) is 0.672. The fraction of sp³-hybridized carbons (Fsp3) is 0.160. The van der Waals surface area contributed by atoms with Gasteiger partial charge in [0.05, 0.1) is 29.5 Å². The Balaban J connectivity index is 1.60. The summed E-state index contributed by atoms with van der Waals surface area (Å²) in [6, 6.07) is 20.1. The van der Waals surface area contributed by atoms with Crippen LogP contribution < -0.4 is 15.6 Å². The quantitative estimate of drug-likeness (QED) is 0.305. The molecule has 0 fully saturated rings. The summed E-state index contributed by atoms with van der Waals surface area (Å²) in [4.78, 5) is 30.6. The molecule has 0 spiro atoms. The molecule has 168 valence electrons. The number of hydrogen-bond donors (Lipinski definition) is 1. The molecule has 1 amide bonds. The van der Waals surface area contributed by atoms with E-state index in [1.165, 1.54) is 11.8 Å². The van der Waals surface area contributed by atoms with Gasteiger partial charge in [-0.15, -0.1) is 0 Å². The van der Waals surface area contributed by atoms with Gasteiger partial charge in [0.25, 0.3) is 5.56 Å². The smallest absolute Gasteiger partial charge is 0.266 e. The molecule has 4 aromatic rings. The number of nitrogens with one attached hydrogen (secondary N) is 1. The highest BCUT2D eigenvalue weighted by Gasteiger charge is 2.15. The molecule has 3 aromatic carbocycles. The summed E-state index contributed by atoms with van der Waals surface area (Å²) in [5.41, 5.74) is 2.94. The van der Waals surface area contributed by atoms with E-state index >= 15 is 0 Å². The van der Waals surface area contributed by atoms with Crippen molar-refractivity contribution >= 4 is 40.2 Å². The lowest BCUT2D eigenvalue weighted by Gasteiger charge is -2.14. The summed E-state index contributed by atoms with van der Waals surface area (Å²) < 4.78 is 6.76. The molecule has 0 aliphatic heterocycles. The van der Waals surface area contributed by atoms with Gasteiger partial charge in [0, 0.05) is 11.6 Å². The van der Waals surface area contributed by atoms with Crippen molar-refractivity contribution in [3.63, 3.8) is 0 Å². The molecule has 0 aliphatic carbocycles. The van der Waals surface area contributed by atoms with Crippen LogP contribution in [0.5, 0.6) is 5.75 Å². The first kappa shape index (κ1) is 22.9. The van der Waals surface area contributed by atoms with Crippen LogP contribution in [-0.2, 0) is 11.3 Å². The molecular formula is C25H22ClN3O3S. The minimum Gasteiger partial charge on any atom is -0.497 e. The van der Waals surface area contributed by atoms with E-state index in [-0.39, 0.29) is 17.2 Å². The third-order valence-electron chi connectivity index (χ3n) is 5.02. The third kappa shape index (κ3) is 5.38. The molecule has 6 nitrogen and oxygen atoms in total. The molecule has 0 unspecified atom stereocenters. The number of methoxy groups -OCH3 is 1. The molecule has 0 saturated heterocycles. The number of aryl methyl sites for hydroxylation is 1. The summed E-state index contributed by atoms with van der Waals surface area (Å²) >= 11 is 7.33. The van der Waals surface area contributed by atoms with Crippen molar-refractivity contribution in [1.82, 2.24) is 14.9 Å². The minimum atomic E-state index is -0.207.